The summed E-state index contributed by atoms with van der Waals surface area (Å²) in [6.07, 6.45) is 10.6. The van der Waals surface area contributed by atoms with Gasteiger partial charge in [-0.05, 0) is 25.7 Å². The van der Waals surface area contributed by atoms with E-state index in [-0.39, 0.29) is 0 Å². The van der Waals surface area contributed by atoms with E-state index in [2.05, 4.69) is 22.2 Å². The van der Waals surface area contributed by atoms with Gasteiger partial charge >= 0.3 is 0 Å². The number of nitrogens with zero attached hydrogens (tertiary/aromatic N) is 1. The fourth-order valence-electron chi connectivity index (χ4n) is 2.31. The van der Waals surface area contributed by atoms with Crippen LogP contribution in [0.15, 0.2) is 12.4 Å². The van der Waals surface area contributed by atoms with Crippen molar-refractivity contribution in [2.75, 3.05) is 5.32 Å². The van der Waals surface area contributed by atoms with E-state index in [9.17, 15) is 0 Å². The lowest BCUT2D eigenvalue weighted by Gasteiger charge is -2.28. The van der Waals surface area contributed by atoms with Crippen LogP contribution < -0.4 is 5.32 Å². The van der Waals surface area contributed by atoms with Gasteiger partial charge in [-0.3, -0.25) is 0 Å². The molecular formula is C11H19N3. The fourth-order valence-corrected chi connectivity index (χ4v) is 2.31. The van der Waals surface area contributed by atoms with Gasteiger partial charge in [-0.25, -0.2) is 4.98 Å². The Morgan fingerprint density at radius 2 is 2.21 bits per heavy atom. The number of H-pyrrole nitrogens is 1. The molecule has 78 valence electrons. The minimum absolute atomic E-state index is 0.543. The molecule has 0 saturated heterocycles. The monoisotopic (exact) mass is 193 g/mol. The quantitative estimate of drug-likeness (QED) is 0.775. The van der Waals surface area contributed by atoms with E-state index in [4.69, 9.17) is 0 Å². The highest BCUT2D eigenvalue weighted by atomic mass is 15.1. The van der Waals surface area contributed by atoms with Crippen LogP contribution in [0, 0.1) is 5.92 Å². The molecule has 1 atom stereocenters. The van der Waals surface area contributed by atoms with Gasteiger partial charge in [-0.15, -0.1) is 0 Å². The van der Waals surface area contributed by atoms with Gasteiger partial charge in [0.2, 0.25) is 0 Å². The van der Waals surface area contributed by atoms with Crippen LogP contribution in [0.3, 0.4) is 0 Å². The Hall–Kier alpha value is -0.990. The molecular weight excluding hydrogens is 174 g/mol. The van der Waals surface area contributed by atoms with Crippen LogP contribution in [0.4, 0.5) is 5.95 Å². The van der Waals surface area contributed by atoms with Crippen molar-refractivity contribution in [1.82, 2.24) is 9.97 Å². The average molecular weight is 193 g/mol. The van der Waals surface area contributed by atoms with E-state index < -0.39 is 0 Å². The Kier molecular flexibility index (Phi) is 3.07. The molecule has 0 radical (unpaired) electrons. The Morgan fingerprint density at radius 3 is 2.86 bits per heavy atom. The molecule has 0 aromatic carbocycles. The maximum absolute atomic E-state index is 4.18. The zero-order chi connectivity index (χ0) is 9.80. The summed E-state index contributed by atoms with van der Waals surface area (Å²) in [6.45, 7) is 2.26. The van der Waals surface area contributed by atoms with Crippen molar-refractivity contribution in [2.45, 2.75) is 45.1 Å². The van der Waals surface area contributed by atoms with Gasteiger partial charge in [0.15, 0.2) is 5.95 Å². The van der Waals surface area contributed by atoms with Gasteiger partial charge in [0.05, 0.1) is 0 Å². The molecule has 1 aliphatic rings. The maximum Gasteiger partial charge on any atom is 0.200 e. The van der Waals surface area contributed by atoms with E-state index in [1.807, 2.05) is 6.20 Å². The normalized spacial score (nSPS) is 20.6. The molecule has 1 aromatic heterocycles. The minimum atomic E-state index is 0.543. The van der Waals surface area contributed by atoms with E-state index in [1.54, 1.807) is 6.20 Å². The number of aromatic nitrogens is 2. The highest BCUT2D eigenvalue weighted by molar-refractivity contribution is 5.24. The number of hydrogen-bond donors (Lipinski definition) is 2. The van der Waals surface area contributed by atoms with Crippen molar-refractivity contribution in [2.24, 2.45) is 5.92 Å². The van der Waals surface area contributed by atoms with Crippen molar-refractivity contribution < 1.29 is 0 Å². The second kappa shape index (κ2) is 4.49. The predicted molar refractivity (Wildman–Crippen MR) is 58.2 cm³/mol. The standard InChI is InChI=1S/C11H19N3/c1-9(10-5-3-2-4-6-10)14-11-12-7-8-13-11/h7-10H,2-6H2,1H3,(H2,12,13,14). The van der Waals surface area contributed by atoms with E-state index in [1.165, 1.54) is 32.1 Å². The molecule has 0 amide bonds. The summed E-state index contributed by atoms with van der Waals surface area (Å²) in [5.74, 6) is 1.73. The SMILES string of the molecule is CC(Nc1ncc[nH]1)C1CCCCC1. The van der Waals surface area contributed by atoms with Crippen LogP contribution in [-0.2, 0) is 0 Å². The second-order valence-corrected chi connectivity index (χ2v) is 4.27. The third kappa shape index (κ3) is 2.28. The van der Waals surface area contributed by atoms with Gasteiger partial charge in [-0.2, -0.15) is 0 Å². The van der Waals surface area contributed by atoms with Crippen LogP contribution in [0.5, 0.6) is 0 Å². The van der Waals surface area contributed by atoms with Crippen molar-refractivity contribution in [1.29, 1.82) is 0 Å². The summed E-state index contributed by atoms with van der Waals surface area (Å²) in [6, 6.07) is 0.543. The molecule has 14 heavy (non-hydrogen) atoms. The van der Waals surface area contributed by atoms with Crippen LogP contribution in [0.1, 0.15) is 39.0 Å². The largest absolute Gasteiger partial charge is 0.353 e. The topological polar surface area (TPSA) is 40.7 Å². The summed E-state index contributed by atoms with van der Waals surface area (Å²) in [4.78, 5) is 7.27. The zero-order valence-electron chi connectivity index (χ0n) is 8.79. The molecule has 3 nitrogen and oxygen atoms in total. The number of rotatable bonds is 3. The second-order valence-electron chi connectivity index (χ2n) is 4.27. The Balaban J connectivity index is 1.85. The third-order valence-electron chi connectivity index (χ3n) is 3.22. The maximum atomic E-state index is 4.18. The van der Waals surface area contributed by atoms with Crippen molar-refractivity contribution in [3.63, 3.8) is 0 Å². The number of hydrogen-bond acceptors (Lipinski definition) is 2. The molecule has 1 fully saturated rings. The van der Waals surface area contributed by atoms with Crippen molar-refractivity contribution >= 4 is 5.95 Å². The van der Waals surface area contributed by atoms with Crippen LogP contribution in [0.2, 0.25) is 0 Å². The highest BCUT2D eigenvalue weighted by Crippen LogP contribution is 2.27. The third-order valence-corrected chi connectivity index (χ3v) is 3.22. The molecule has 1 heterocycles. The van der Waals surface area contributed by atoms with Gasteiger partial charge in [0.1, 0.15) is 0 Å². The Labute approximate surface area is 85.3 Å². The molecule has 0 aliphatic heterocycles. The van der Waals surface area contributed by atoms with E-state index in [0.29, 0.717) is 6.04 Å². The number of nitrogens with one attached hydrogen (secondary N) is 2. The van der Waals surface area contributed by atoms with Crippen LogP contribution in [0.25, 0.3) is 0 Å². The predicted octanol–water partition coefficient (Wildman–Crippen LogP) is 2.79. The van der Waals surface area contributed by atoms with Crippen molar-refractivity contribution in [3.8, 4) is 0 Å². The molecule has 1 aliphatic carbocycles. The molecule has 0 bridgehead atoms. The lowest BCUT2D eigenvalue weighted by Crippen LogP contribution is -2.28. The summed E-state index contributed by atoms with van der Waals surface area (Å²) in [5, 5.41) is 3.42. The first-order valence-corrected chi connectivity index (χ1v) is 5.62. The van der Waals surface area contributed by atoms with Crippen LogP contribution >= 0.6 is 0 Å². The molecule has 2 N–H and O–H groups in total. The summed E-state index contributed by atoms with van der Waals surface area (Å²) in [5.41, 5.74) is 0. The van der Waals surface area contributed by atoms with Gasteiger partial charge in [-0.1, -0.05) is 19.3 Å². The van der Waals surface area contributed by atoms with E-state index >= 15 is 0 Å². The minimum Gasteiger partial charge on any atom is -0.353 e. The van der Waals surface area contributed by atoms with Gasteiger partial charge in [0.25, 0.3) is 0 Å². The molecule has 2 rings (SSSR count). The molecule has 1 saturated carbocycles. The van der Waals surface area contributed by atoms with Gasteiger partial charge in [0, 0.05) is 18.4 Å². The highest BCUT2D eigenvalue weighted by Gasteiger charge is 2.20. The first kappa shape index (κ1) is 9.56. The molecule has 1 aromatic rings. The molecule has 0 spiro atoms. The first-order chi connectivity index (χ1) is 6.86. The zero-order valence-corrected chi connectivity index (χ0v) is 8.79. The summed E-state index contributed by atoms with van der Waals surface area (Å²) in [7, 11) is 0. The first-order valence-electron chi connectivity index (χ1n) is 5.62. The molecule has 1 unspecified atom stereocenters. The fraction of sp³-hybridized carbons (Fsp3) is 0.727. The Morgan fingerprint density at radius 1 is 1.43 bits per heavy atom. The van der Waals surface area contributed by atoms with Crippen LogP contribution in [-0.4, -0.2) is 16.0 Å². The summed E-state index contributed by atoms with van der Waals surface area (Å²) < 4.78 is 0. The van der Waals surface area contributed by atoms with E-state index in [0.717, 1.165) is 11.9 Å². The number of aromatic amines is 1. The average Bonchev–Trinajstić information content (AvgIpc) is 2.72. The molecule has 3 heteroatoms. The number of imidazole rings is 1. The smallest absolute Gasteiger partial charge is 0.200 e. The number of anilines is 1. The summed E-state index contributed by atoms with van der Waals surface area (Å²) >= 11 is 0. The lowest BCUT2D eigenvalue weighted by molar-refractivity contribution is 0.328. The van der Waals surface area contributed by atoms with Crippen molar-refractivity contribution in [3.05, 3.63) is 12.4 Å². The lowest BCUT2D eigenvalue weighted by atomic mass is 9.85. The van der Waals surface area contributed by atoms with Gasteiger partial charge < -0.3 is 10.3 Å². The Bertz CT molecular complexity index is 250.